The number of aryl methyl sites for hydroxylation is 2. The number of aromatic nitrogens is 2. The lowest BCUT2D eigenvalue weighted by molar-refractivity contribution is -0.144. The molecule has 0 saturated heterocycles. The third kappa shape index (κ3) is 6.05. The van der Waals surface area contributed by atoms with Gasteiger partial charge in [-0.15, -0.1) is 0 Å². The Morgan fingerprint density at radius 3 is 2.17 bits per heavy atom. The van der Waals surface area contributed by atoms with E-state index in [-0.39, 0.29) is 17.3 Å². The highest BCUT2D eigenvalue weighted by atomic mass is 19.1. The van der Waals surface area contributed by atoms with Gasteiger partial charge >= 0.3 is 5.97 Å². The maximum Gasteiger partial charge on any atom is 0.344 e. The predicted molar refractivity (Wildman–Crippen MR) is 135 cm³/mol. The number of hydrogen-bond acceptors (Lipinski definition) is 4. The zero-order valence-electron chi connectivity index (χ0n) is 19.9. The second-order valence-electron chi connectivity index (χ2n) is 8.60. The van der Waals surface area contributed by atoms with Crippen LogP contribution in [-0.4, -0.2) is 27.4 Å². The van der Waals surface area contributed by atoms with Crippen molar-refractivity contribution < 1.29 is 19.0 Å². The Bertz CT molecular complexity index is 1330. The molecule has 0 aliphatic heterocycles. The minimum absolute atomic E-state index is 0.176. The van der Waals surface area contributed by atoms with Gasteiger partial charge < -0.3 is 9.84 Å². The topological polar surface area (TPSA) is 92.3 Å². The number of hydrogen-bond donors (Lipinski definition) is 2. The summed E-state index contributed by atoms with van der Waals surface area (Å²) in [6.45, 7) is 1.42. The van der Waals surface area contributed by atoms with Gasteiger partial charge in [-0.25, -0.2) is 14.3 Å². The monoisotopic (exact) mass is 486 g/mol. The molecule has 0 spiro atoms. The molecule has 36 heavy (non-hydrogen) atoms. The summed E-state index contributed by atoms with van der Waals surface area (Å²) in [5.74, 6) is -1.36. The summed E-state index contributed by atoms with van der Waals surface area (Å²) in [7, 11) is 0. The first-order chi connectivity index (χ1) is 17.4. The Balaban J connectivity index is 1.59. The van der Waals surface area contributed by atoms with Gasteiger partial charge in [0.2, 0.25) is 0 Å². The van der Waals surface area contributed by atoms with E-state index in [9.17, 15) is 14.0 Å². The van der Waals surface area contributed by atoms with Crippen LogP contribution in [-0.2, 0) is 17.6 Å². The molecule has 4 rings (SSSR count). The molecule has 184 valence electrons. The molecule has 1 heterocycles. The van der Waals surface area contributed by atoms with Gasteiger partial charge in [0.1, 0.15) is 11.6 Å². The Hall–Kier alpha value is -4.26. The van der Waals surface area contributed by atoms with E-state index in [0.29, 0.717) is 30.6 Å². The molecule has 0 unspecified atom stereocenters. The Morgan fingerprint density at radius 2 is 1.56 bits per heavy atom. The first kappa shape index (κ1) is 24.9. The van der Waals surface area contributed by atoms with Crippen LogP contribution in [0.3, 0.4) is 0 Å². The number of ether oxygens (including phenoxy) is 1. The van der Waals surface area contributed by atoms with Crippen molar-refractivity contribution in [2.75, 3.05) is 0 Å². The third-order valence-corrected chi connectivity index (χ3v) is 6.03. The van der Waals surface area contributed by atoms with Crippen LogP contribution in [0.5, 0.6) is 5.75 Å². The summed E-state index contributed by atoms with van der Waals surface area (Å²) in [5, 5.41) is 16.1. The van der Waals surface area contributed by atoms with Crippen LogP contribution in [0.25, 0.3) is 0 Å². The van der Waals surface area contributed by atoms with Crippen LogP contribution >= 0.6 is 0 Å². The third-order valence-electron chi connectivity index (χ3n) is 6.03. The first-order valence-electron chi connectivity index (χ1n) is 11.8. The molecule has 0 radical (unpaired) electrons. The number of rotatable bonds is 10. The van der Waals surface area contributed by atoms with Crippen molar-refractivity contribution >= 4 is 5.97 Å². The Morgan fingerprint density at radius 1 is 0.944 bits per heavy atom. The number of halogens is 1. The van der Waals surface area contributed by atoms with E-state index in [4.69, 9.17) is 9.84 Å². The van der Waals surface area contributed by atoms with Crippen LogP contribution in [0, 0.1) is 5.82 Å². The Kier molecular flexibility index (Phi) is 7.90. The van der Waals surface area contributed by atoms with Crippen molar-refractivity contribution in [3.63, 3.8) is 0 Å². The number of aliphatic carboxylic acids is 1. The molecule has 2 N–H and O–H groups in total. The number of nitrogens with one attached hydrogen (secondary N) is 1. The number of benzene rings is 3. The molecule has 1 aromatic heterocycles. The van der Waals surface area contributed by atoms with Crippen LogP contribution < -0.4 is 10.3 Å². The molecule has 6 nitrogen and oxygen atoms in total. The minimum Gasteiger partial charge on any atom is -0.479 e. The van der Waals surface area contributed by atoms with Gasteiger partial charge in [-0.3, -0.25) is 4.79 Å². The SMILES string of the molecule is C[C@H](Oc1ccc(F)c(CCCc2cc(=O)[nH]nc2C(c2ccccc2)c2ccccc2)c1)C(=O)O. The lowest BCUT2D eigenvalue weighted by Gasteiger charge is -2.20. The van der Waals surface area contributed by atoms with Gasteiger partial charge in [0.25, 0.3) is 5.56 Å². The van der Waals surface area contributed by atoms with E-state index in [1.807, 2.05) is 60.7 Å². The number of carbonyl (C=O) groups is 1. The fourth-order valence-electron chi connectivity index (χ4n) is 4.24. The molecule has 0 aliphatic rings. The highest BCUT2D eigenvalue weighted by molar-refractivity contribution is 5.72. The summed E-state index contributed by atoms with van der Waals surface area (Å²) in [6.07, 6.45) is 0.417. The van der Waals surface area contributed by atoms with Gasteiger partial charge in [0, 0.05) is 6.07 Å². The number of nitrogens with zero attached hydrogens (tertiary/aromatic N) is 1. The zero-order chi connectivity index (χ0) is 25.5. The number of aromatic amines is 1. The normalized spacial score (nSPS) is 11.9. The molecule has 3 aromatic carbocycles. The van der Waals surface area contributed by atoms with E-state index in [0.717, 1.165) is 22.4 Å². The van der Waals surface area contributed by atoms with Crippen LogP contribution in [0.2, 0.25) is 0 Å². The Labute approximate surface area is 208 Å². The molecule has 0 bridgehead atoms. The number of H-pyrrole nitrogens is 1. The van der Waals surface area contributed by atoms with Gasteiger partial charge in [-0.05, 0) is 66.6 Å². The molecule has 0 fully saturated rings. The molecular weight excluding hydrogens is 459 g/mol. The molecule has 7 heteroatoms. The molecule has 1 atom stereocenters. The zero-order valence-corrected chi connectivity index (χ0v) is 19.9. The highest BCUT2D eigenvalue weighted by Gasteiger charge is 2.22. The second-order valence-corrected chi connectivity index (χ2v) is 8.60. The van der Waals surface area contributed by atoms with Crippen molar-refractivity contribution in [1.29, 1.82) is 0 Å². The van der Waals surface area contributed by atoms with Gasteiger partial charge in [-0.1, -0.05) is 60.7 Å². The van der Waals surface area contributed by atoms with Crippen molar-refractivity contribution in [3.8, 4) is 5.75 Å². The summed E-state index contributed by atoms with van der Waals surface area (Å²) >= 11 is 0. The molecule has 0 saturated carbocycles. The summed E-state index contributed by atoms with van der Waals surface area (Å²) < 4.78 is 19.8. The molecule has 0 amide bonds. The maximum absolute atomic E-state index is 14.5. The lowest BCUT2D eigenvalue weighted by Crippen LogP contribution is -2.22. The molecule has 4 aromatic rings. The van der Waals surface area contributed by atoms with Crippen molar-refractivity contribution in [3.05, 3.63) is 129 Å². The fraction of sp³-hybridized carbons (Fsp3) is 0.207. The standard InChI is InChI=1S/C29H27FN2O4/c1-19(29(34)35)36-24-15-16-25(30)22(17-24)13-8-14-23-18-26(33)31-32-28(23)27(20-9-4-2-5-10-20)21-11-6-3-7-12-21/h2-7,9-12,15-19,27H,8,13-14H2,1H3,(H,31,33)(H,34,35)/t19-/m0/s1. The van der Waals surface area contributed by atoms with E-state index in [1.165, 1.54) is 25.1 Å². The van der Waals surface area contributed by atoms with Crippen molar-refractivity contribution in [2.45, 2.75) is 38.2 Å². The maximum atomic E-state index is 14.5. The summed E-state index contributed by atoms with van der Waals surface area (Å²) in [6, 6.07) is 25.7. The summed E-state index contributed by atoms with van der Waals surface area (Å²) in [5.41, 5.74) is 3.77. The van der Waals surface area contributed by atoms with Gasteiger partial charge in [0.05, 0.1) is 11.6 Å². The van der Waals surface area contributed by atoms with Crippen LogP contribution in [0.15, 0.2) is 89.7 Å². The smallest absolute Gasteiger partial charge is 0.344 e. The van der Waals surface area contributed by atoms with E-state index in [2.05, 4.69) is 10.2 Å². The average Bonchev–Trinajstić information content (AvgIpc) is 2.88. The van der Waals surface area contributed by atoms with Gasteiger partial charge in [0.15, 0.2) is 6.10 Å². The average molecular weight is 487 g/mol. The van der Waals surface area contributed by atoms with Crippen LogP contribution in [0.4, 0.5) is 4.39 Å². The quantitative estimate of drug-likeness (QED) is 0.325. The second kappa shape index (κ2) is 11.4. The minimum atomic E-state index is -1.10. The van der Waals surface area contributed by atoms with E-state index >= 15 is 0 Å². The van der Waals surface area contributed by atoms with Crippen molar-refractivity contribution in [2.24, 2.45) is 0 Å². The predicted octanol–water partition coefficient (Wildman–Crippen LogP) is 5.12. The molecular formula is C29H27FN2O4. The number of carboxylic acids is 1. The lowest BCUT2D eigenvalue weighted by atomic mass is 9.85. The molecule has 0 aliphatic carbocycles. The van der Waals surface area contributed by atoms with Gasteiger partial charge in [-0.2, -0.15) is 5.10 Å². The van der Waals surface area contributed by atoms with Crippen LogP contribution in [0.1, 0.15) is 47.2 Å². The largest absolute Gasteiger partial charge is 0.479 e. The highest BCUT2D eigenvalue weighted by Crippen LogP contribution is 2.32. The first-order valence-corrected chi connectivity index (χ1v) is 11.8. The van der Waals surface area contributed by atoms with E-state index < -0.39 is 12.1 Å². The number of carboxylic acid groups (broad SMARTS) is 1. The fourth-order valence-corrected chi connectivity index (χ4v) is 4.24. The summed E-state index contributed by atoms with van der Waals surface area (Å²) in [4.78, 5) is 23.3. The van der Waals surface area contributed by atoms with Crippen molar-refractivity contribution in [1.82, 2.24) is 10.2 Å². The van der Waals surface area contributed by atoms with E-state index in [1.54, 1.807) is 6.07 Å².